The van der Waals surface area contributed by atoms with Crippen LogP contribution in [0.4, 0.5) is 0 Å². The molecule has 0 atom stereocenters. The molecule has 4 heteroatoms. The van der Waals surface area contributed by atoms with Gasteiger partial charge >= 0.3 is 0 Å². The predicted octanol–water partition coefficient (Wildman–Crippen LogP) is 1.29. The standard InChI is InChI=1S/C8H11BrN2O/c9-6-8(12)11(5-1-4-10)7-2-3-7/h7H,1-3,5-6H2. The summed E-state index contributed by atoms with van der Waals surface area (Å²) in [6.07, 6.45) is 2.64. The van der Waals surface area contributed by atoms with Crippen LogP contribution in [0.3, 0.4) is 0 Å². The van der Waals surface area contributed by atoms with E-state index < -0.39 is 0 Å². The first-order valence-corrected chi connectivity index (χ1v) is 5.14. The summed E-state index contributed by atoms with van der Waals surface area (Å²) < 4.78 is 0. The van der Waals surface area contributed by atoms with E-state index in [1.54, 1.807) is 4.90 Å². The highest BCUT2D eigenvalue weighted by Gasteiger charge is 2.31. The second-order valence-corrected chi connectivity index (χ2v) is 3.42. The fraction of sp³-hybridized carbons (Fsp3) is 0.750. The molecule has 0 spiro atoms. The van der Waals surface area contributed by atoms with Crippen LogP contribution in [0.1, 0.15) is 19.3 Å². The zero-order valence-corrected chi connectivity index (χ0v) is 8.38. The molecule has 0 heterocycles. The van der Waals surface area contributed by atoms with E-state index in [1.807, 2.05) is 0 Å². The Hall–Kier alpha value is -0.560. The summed E-state index contributed by atoms with van der Waals surface area (Å²) in [5, 5.41) is 8.74. The lowest BCUT2D eigenvalue weighted by Crippen LogP contribution is -2.34. The second kappa shape index (κ2) is 4.46. The molecule has 1 aliphatic rings. The normalized spacial score (nSPS) is 15.3. The van der Waals surface area contributed by atoms with Gasteiger partial charge in [-0.1, -0.05) is 15.9 Å². The van der Waals surface area contributed by atoms with Gasteiger partial charge in [0.15, 0.2) is 0 Å². The van der Waals surface area contributed by atoms with E-state index in [2.05, 4.69) is 22.0 Å². The Balaban J connectivity index is 2.38. The summed E-state index contributed by atoms with van der Waals surface area (Å²) in [4.78, 5) is 13.1. The summed E-state index contributed by atoms with van der Waals surface area (Å²) in [6, 6.07) is 2.47. The van der Waals surface area contributed by atoms with Gasteiger partial charge in [-0.15, -0.1) is 0 Å². The molecule has 0 saturated heterocycles. The van der Waals surface area contributed by atoms with E-state index in [1.165, 1.54) is 0 Å². The maximum absolute atomic E-state index is 11.3. The highest BCUT2D eigenvalue weighted by atomic mass is 79.9. The van der Waals surface area contributed by atoms with E-state index >= 15 is 0 Å². The summed E-state index contributed by atoms with van der Waals surface area (Å²) in [5.41, 5.74) is 0. The van der Waals surface area contributed by atoms with Crippen LogP contribution >= 0.6 is 15.9 Å². The third-order valence-corrected chi connectivity index (χ3v) is 2.37. The zero-order chi connectivity index (χ0) is 8.97. The van der Waals surface area contributed by atoms with Crippen LogP contribution in [0.5, 0.6) is 0 Å². The second-order valence-electron chi connectivity index (χ2n) is 2.86. The number of carbonyl (C=O) groups excluding carboxylic acids is 1. The van der Waals surface area contributed by atoms with Gasteiger partial charge in [-0.25, -0.2) is 0 Å². The molecule has 0 radical (unpaired) electrons. The topological polar surface area (TPSA) is 44.1 Å². The van der Waals surface area contributed by atoms with Crippen LogP contribution in [0, 0.1) is 11.3 Å². The van der Waals surface area contributed by atoms with Gasteiger partial charge < -0.3 is 4.90 Å². The molecule has 1 amide bonds. The molecule has 0 aliphatic heterocycles. The number of alkyl halides is 1. The van der Waals surface area contributed by atoms with Gasteiger partial charge in [-0.3, -0.25) is 4.79 Å². The quantitative estimate of drug-likeness (QED) is 0.684. The number of hydrogen-bond acceptors (Lipinski definition) is 2. The van der Waals surface area contributed by atoms with Crippen molar-refractivity contribution in [3.63, 3.8) is 0 Å². The first-order chi connectivity index (χ1) is 5.79. The highest BCUT2D eigenvalue weighted by Crippen LogP contribution is 2.27. The maximum atomic E-state index is 11.3. The Kier molecular flexibility index (Phi) is 3.54. The molecule has 0 N–H and O–H groups in total. The molecule has 0 bridgehead atoms. The summed E-state index contributed by atoms with van der Waals surface area (Å²) in [7, 11) is 0. The smallest absolute Gasteiger partial charge is 0.233 e. The van der Waals surface area contributed by atoms with Crippen LogP contribution in [0.2, 0.25) is 0 Å². The highest BCUT2D eigenvalue weighted by molar-refractivity contribution is 9.09. The molecule has 66 valence electrons. The van der Waals surface area contributed by atoms with E-state index in [4.69, 9.17) is 5.26 Å². The van der Waals surface area contributed by atoms with E-state index in [0.717, 1.165) is 12.8 Å². The molecule has 0 aromatic heterocycles. The van der Waals surface area contributed by atoms with Gasteiger partial charge in [0.1, 0.15) is 0 Å². The monoisotopic (exact) mass is 230 g/mol. The van der Waals surface area contributed by atoms with Crippen molar-refractivity contribution in [3.05, 3.63) is 0 Å². The molecule has 1 saturated carbocycles. The van der Waals surface area contributed by atoms with Crippen molar-refractivity contribution in [2.75, 3.05) is 11.9 Å². The van der Waals surface area contributed by atoms with Crippen LogP contribution in [-0.2, 0) is 4.79 Å². The molecule has 3 nitrogen and oxygen atoms in total. The molecule has 1 aliphatic carbocycles. The number of amides is 1. The third kappa shape index (κ3) is 2.49. The lowest BCUT2D eigenvalue weighted by molar-refractivity contribution is -0.128. The molecular formula is C8H11BrN2O. The first-order valence-electron chi connectivity index (χ1n) is 4.02. The van der Waals surface area contributed by atoms with E-state index in [-0.39, 0.29) is 5.91 Å². The van der Waals surface area contributed by atoms with Crippen molar-refractivity contribution in [1.82, 2.24) is 4.90 Å². The lowest BCUT2D eigenvalue weighted by atomic mass is 10.4. The number of rotatable bonds is 4. The van der Waals surface area contributed by atoms with Gasteiger partial charge in [-0.2, -0.15) is 5.26 Å². The number of nitrogens with zero attached hydrogens (tertiary/aromatic N) is 2. The SMILES string of the molecule is N#CCCN(C(=O)CBr)C1CC1. The van der Waals surface area contributed by atoms with Crippen LogP contribution in [0.25, 0.3) is 0 Å². The minimum atomic E-state index is 0.104. The van der Waals surface area contributed by atoms with Crippen molar-refractivity contribution in [2.24, 2.45) is 0 Å². The Morgan fingerprint density at radius 3 is 2.75 bits per heavy atom. The van der Waals surface area contributed by atoms with Crippen LogP contribution in [0.15, 0.2) is 0 Å². The Morgan fingerprint density at radius 1 is 1.67 bits per heavy atom. The van der Waals surface area contributed by atoms with Crippen molar-refractivity contribution in [1.29, 1.82) is 5.26 Å². The van der Waals surface area contributed by atoms with Gasteiger partial charge in [0.25, 0.3) is 0 Å². The van der Waals surface area contributed by atoms with Crippen molar-refractivity contribution >= 4 is 21.8 Å². The van der Waals surface area contributed by atoms with Gasteiger partial charge in [-0.05, 0) is 12.8 Å². The predicted molar refractivity (Wildman–Crippen MR) is 48.8 cm³/mol. The molecule has 1 fully saturated rings. The number of nitriles is 1. The van der Waals surface area contributed by atoms with Gasteiger partial charge in [0, 0.05) is 12.6 Å². The molecule has 1 rings (SSSR count). The van der Waals surface area contributed by atoms with Crippen LogP contribution in [-0.4, -0.2) is 28.7 Å². The van der Waals surface area contributed by atoms with E-state index in [0.29, 0.717) is 24.3 Å². The average Bonchev–Trinajstić information content (AvgIpc) is 2.88. The van der Waals surface area contributed by atoms with Crippen molar-refractivity contribution in [2.45, 2.75) is 25.3 Å². The fourth-order valence-electron chi connectivity index (χ4n) is 1.14. The molecule has 0 aromatic rings. The summed E-state index contributed by atoms with van der Waals surface area (Å²) in [5.74, 6) is 0.104. The zero-order valence-electron chi connectivity index (χ0n) is 6.79. The van der Waals surface area contributed by atoms with Crippen LogP contribution < -0.4 is 0 Å². The number of carbonyl (C=O) groups is 1. The van der Waals surface area contributed by atoms with Crippen molar-refractivity contribution < 1.29 is 4.79 Å². The Morgan fingerprint density at radius 2 is 2.33 bits per heavy atom. The van der Waals surface area contributed by atoms with Gasteiger partial charge in [0.05, 0.1) is 17.8 Å². The molecule has 0 aromatic carbocycles. The van der Waals surface area contributed by atoms with Crippen molar-refractivity contribution in [3.8, 4) is 6.07 Å². The molecule has 12 heavy (non-hydrogen) atoms. The maximum Gasteiger partial charge on any atom is 0.233 e. The molecular weight excluding hydrogens is 220 g/mol. The van der Waals surface area contributed by atoms with Gasteiger partial charge in [0.2, 0.25) is 5.91 Å². The first kappa shape index (κ1) is 9.53. The minimum absolute atomic E-state index is 0.104. The third-order valence-electron chi connectivity index (χ3n) is 1.89. The fourth-order valence-corrected chi connectivity index (χ4v) is 1.47. The number of hydrogen-bond donors (Lipinski definition) is 0. The largest absolute Gasteiger partial charge is 0.338 e. The Labute approximate surface area is 80.5 Å². The summed E-state index contributed by atoms with van der Waals surface area (Å²) in [6.45, 7) is 0.589. The molecule has 0 unspecified atom stereocenters. The lowest BCUT2D eigenvalue weighted by Gasteiger charge is -2.19. The number of halogens is 1. The average molecular weight is 231 g/mol. The Bertz CT molecular complexity index is 208. The van der Waals surface area contributed by atoms with E-state index in [9.17, 15) is 4.79 Å². The minimum Gasteiger partial charge on any atom is -0.338 e. The summed E-state index contributed by atoms with van der Waals surface area (Å²) >= 11 is 3.13.